The van der Waals surface area contributed by atoms with Crippen LogP contribution in [0.15, 0.2) is 0 Å². The Morgan fingerprint density at radius 3 is 2.33 bits per heavy atom. The number of hydrogen-bond acceptors (Lipinski definition) is 2. The maximum Gasteiger partial charge on any atom is 0.410 e. The normalized spacial score (nSPS) is 19.7. The molecule has 0 bridgehead atoms. The number of amides is 1. The molecule has 1 fully saturated rings. The van der Waals surface area contributed by atoms with E-state index in [0.717, 1.165) is 38.8 Å². The molecule has 1 heterocycles. The fourth-order valence-electron chi connectivity index (χ4n) is 2.32. The van der Waals surface area contributed by atoms with Crippen LogP contribution in [0.4, 0.5) is 4.79 Å². The molecule has 0 aliphatic carbocycles. The summed E-state index contributed by atoms with van der Waals surface area (Å²) in [7, 11) is 0. The van der Waals surface area contributed by atoms with Gasteiger partial charge in [0.15, 0.2) is 0 Å². The molecule has 0 aromatic carbocycles. The minimum atomic E-state index is -0.423. The molecule has 1 aliphatic rings. The lowest BCUT2D eigenvalue weighted by Gasteiger charge is -2.41. The second kappa shape index (κ2) is 6.14. The van der Waals surface area contributed by atoms with Gasteiger partial charge in [0.05, 0.1) is 0 Å². The zero-order valence-corrected chi connectivity index (χ0v) is 12.6. The highest BCUT2D eigenvalue weighted by Gasteiger charge is 2.35. The third-order valence-electron chi connectivity index (χ3n) is 3.63. The standard InChI is InChI=1S/C14H25ClNO2/c1-5-14(6-9-15)7-10-16(11-8-14)12(17)18-13(2,3)4/h1,5-11H2,2-4H3. The van der Waals surface area contributed by atoms with Gasteiger partial charge in [-0.3, -0.25) is 0 Å². The molecule has 0 atom stereocenters. The van der Waals surface area contributed by atoms with E-state index in [2.05, 4.69) is 6.92 Å². The Morgan fingerprint density at radius 1 is 1.39 bits per heavy atom. The van der Waals surface area contributed by atoms with E-state index in [9.17, 15) is 4.79 Å². The summed E-state index contributed by atoms with van der Waals surface area (Å²) in [6.45, 7) is 11.2. The monoisotopic (exact) mass is 274 g/mol. The quantitative estimate of drug-likeness (QED) is 0.732. The van der Waals surface area contributed by atoms with Crippen molar-refractivity contribution >= 4 is 17.7 Å². The van der Waals surface area contributed by atoms with E-state index in [4.69, 9.17) is 16.3 Å². The zero-order chi connectivity index (χ0) is 13.8. The van der Waals surface area contributed by atoms with Crippen LogP contribution in [0.3, 0.4) is 0 Å². The van der Waals surface area contributed by atoms with Crippen molar-refractivity contribution < 1.29 is 9.53 Å². The van der Waals surface area contributed by atoms with Crippen molar-refractivity contribution in [3.63, 3.8) is 0 Å². The van der Waals surface area contributed by atoms with Crippen molar-refractivity contribution in [3.05, 3.63) is 6.92 Å². The minimum absolute atomic E-state index is 0.203. The number of rotatable bonds is 3. The number of carbonyl (C=O) groups is 1. The maximum atomic E-state index is 11.9. The van der Waals surface area contributed by atoms with Gasteiger partial charge in [0.2, 0.25) is 0 Å². The van der Waals surface area contributed by atoms with Crippen molar-refractivity contribution in [1.82, 2.24) is 4.90 Å². The van der Waals surface area contributed by atoms with Gasteiger partial charge in [0.1, 0.15) is 5.60 Å². The third-order valence-corrected chi connectivity index (χ3v) is 3.82. The van der Waals surface area contributed by atoms with Crippen LogP contribution in [0, 0.1) is 12.3 Å². The van der Waals surface area contributed by atoms with Gasteiger partial charge in [-0.1, -0.05) is 6.92 Å². The second-order valence-corrected chi connectivity index (χ2v) is 6.53. The van der Waals surface area contributed by atoms with Crippen molar-refractivity contribution in [3.8, 4) is 0 Å². The summed E-state index contributed by atoms with van der Waals surface area (Å²) < 4.78 is 5.38. The van der Waals surface area contributed by atoms with Crippen LogP contribution in [-0.4, -0.2) is 35.6 Å². The fraction of sp³-hybridized carbons (Fsp3) is 0.857. The SMILES string of the molecule is [CH2]CC1(CCCl)CCN(C(=O)OC(C)(C)C)CC1. The van der Waals surface area contributed by atoms with Gasteiger partial charge in [0, 0.05) is 19.0 Å². The highest BCUT2D eigenvalue weighted by atomic mass is 35.5. The molecule has 18 heavy (non-hydrogen) atoms. The van der Waals surface area contributed by atoms with Crippen molar-refractivity contribution in [2.75, 3.05) is 19.0 Å². The second-order valence-electron chi connectivity index (χ2n) is 6.16. The molecule has 1 aliphatic heterocycles. The topological polar surface area (TPSA) is 29.5 Å². The lowest BCUT2D eigenvalue weighted by Crippen LogP contribution is -2.45. The predicted octanol–water partition coefficient (Wildman–Crippen LogP) is 3.86. The molecule has 105 valence electrons. The zero-order valence-electron chi connectivity index (χ0n) is 11.8. The summed E-state index contributed by atoms with van der Waals surface area (Å²) in [5.74, 6) is 0.669. The van der Waals surface area contributed by atoms with Gasteiger partial charge in [-0.25, -0.2) is 4.79 Å². The van der Waals surface area contributed by atoms with Crippen LogP contribution in [-0.2, 0) is 4.74 Å². The van der Waals surface area contributed by atoms with Crippen LogP contribution in [0.25, 0.3) is 0 Å². The highest BCUT2D eigenvalue weighted by Crippen LogP contribution is 2.38. The lowest BCUT2D eigenvalue weighted by atomic mass is 9.74. The molecule has 0 unspecified atom stereocenters. The van der Waals surface area contributed by atoms with Crippen molar-refractivity contribution in [1.29, 1.82) is 0 Å². The molecule has 0 aromatic rings. The smallest absolute Gasteiger partial charge is 0.410 e. The van der Waals surface area contributed by atoms with E-state index >= 15 is 0 Å². The first kappa shape index (κ1) is 15.6. The molecule has 3 nitrogen and oxygen atoms in total. The predicted molar refractivity (Wildman–Crippen MR) is 74.8 cm³/mol. The van der Waals surface area contributed by atoms with Gasteiger partial charge < -0.3 is 9.64 Å². The average Bonchev–Trinajstić information content (AvgIpc) is 2.28. The number of alkyl halides is 1. The first-order valence-corrected chi connectivity index (χ1v) is 7.18. The van der Waals surface area contributed by atoms with Crippen LogP contribution in [0.5, 0.6) is 0 Å². The molecular weight excluding hydrogens is 250 g/mol. The summed E-state index contributed by atoms with van der Waals surface area (Å²) in [5.41, 5.74) is -0.200. The van der Waals surface area contributed by atoms with E-state index in [0.29, 0.717) is 5.88 Å². The third kappa shape index (κ3) is 4.34. The molecule has 0 aromatic heterocycles. The Labute approximate surface area is 116 Å². The molecule has 0 N–H and O–H groups in total. The van der Waals surface area contributed by atoms with E-state index in [1.807, 2.05) is 20.8 Å². The van der Waals surface area contributed by atoms with Crippen LogP contribution >= 0.6 is 11.6 Å². The number of ether oxygens (including phenoxy) is 1. The first-order valence-electron chi connectivity index (χ1n) is 6.65. The summed E-state index contributed by atoms with van der Waals surface area (Å²) in [5, 5.41) is 0. The number of likely N-dealkylation sites (tertiary alicyclic amines) is 1. The Hall–Kier alpha value is -0.440. The molecule has 0 spiro atoms. The number of nitrogens with zero attached hydrogens (tertiary/aromatic N) is 1. The lowest BCUT2D eigenvalue weighted by molar-refractivity contribution is 0.00977. The number of carbonyl (C=O) groups excluding carboxylic acids is 1. The number of halogens is 1. The molecular formula is C14H25ClNO2. The Balaban J connectivity index is 2.50. The van der Waals surface area contributed by atoms with Gasteiger partial charge in [-0.15, -0.1) is 11.6 Å². The summed E-state index contributed by atoms with van der Waals surface area (Å²) >= 11 is 5.86. The summed E-state index contributed by atoms with van der Waals surface area (Å²) in [6, 6.07) is 0. The number of hydrogen-bond donors (Lipinski definition) is 0. The molecule has 1 saturated heterocycles. The largest absolute Gasteiger partial charge is 0.444 e. The van der Waals surface area contributed by atoms with Gasteiger partial charge >= 0.3 is 6.09 Å². The average molecular weight is 275 g/mol. The van der Waals surface area contributed by atoms with Crippen LogP contribution < -0.4 is 0 Å². The van der Waals surface area contributed by atoms with E-state index in [1.54, 1.807) is 4.90 Å². The number of piperidine rings is 1. The van der Waals surface area contributed by atoms with Gasteiger partial charge in [-0.05, 0) is 51.9 Å². The van der Waals surface area contributed by atoms with E-state index < -0.39 is 5.60 Å². The van der Waals surface area contributed by atoms with Crippen LogP contribution in [0.2, 0.25) is 0 Å². The molecule has 1 rings (SSSR count). The maximum absolute atomic E-state index is 11.9. The Kier molecular flexibility index (Phi) is 5.32. The summed E-state index contributed by atoms with van der Waals surface area (Å²) in [4.78, 5) is 13.7. The molecule has 1 amide bonds. The van der Waals surface area contributed by atoms with E-state index in [1.165, 1.54) is 0 Å². The molecule has 4 heteroatoms. The van der Waals surface area contributed by atoms with Crippen LogP contribution in [0.1, 0.15) is 46.5 Å². The van der Waals surface area contributed by atoms with E-state index in [-0.39, 0.29) is 11.5 Å². The Morgan fingerprint density at radius 2 is 1.94 bits per heavy atom. The Bertz CT molecular complexity index is 278. The molecule has 1 radical (unpaired) electrons. The van der Waals surface area contributed by atoms with Gasteiger partial charge in [0.25, 0.3) is 0 Å². The highest BCUT2D eigenvalue weighted by molar-refractivity contribution is 6.17. The minimum Gasteiger partial charge on any atom is -0.444 e. The fourth-order valence-corrected chi connectivity index (χ4v) is 2.72. The van der Waals surface area contributed by atoms with Crippen molar-refractivity contribution in [2.24, 2.45) is 5.41 Å². The van der Waals surface area contributed by atoms with Gasteiger partial charge in [-0.2, -0.15) is 0 Å². The summed E-state index contributed by atoms with van der Waals surface area (Å²) in [6.07, 6.45) is 3.62. The first-order chi connectivity index (χ1) is 8.32. The molecule has 0 saturated carbocycles. The van der Waals surface area contributed by atoms with Crippen molar-refractivity contribution in [2.45, 2.75) is 52.1 Å².